The minimum Gasteiger partial charge on any atom is -0.495 e. The SMILES string of the molecule is COc1cc(-c2ccc(F)c(C(F)(F)F)c2)c(F)cc1N1C(=O)CO[C@H]2CN(S(=O)(=O)Cc3ccon3)CC[C@@H]21. The van der Waals surface area contributed by atoms with Gasteiger partial charge in [-0.1, -0.05) is 11.2 Å². The van der Waals surface area contributed by atoms with E-state index in [1.165, 1.54) is 28.6 Å². The van der Waals surface area contributed by atoms with Crippen LogP contribution in [0.2, 0.25) is 0 Å². The standard InChI is InChI=1S/C25H22F5N3O6S/c1-37-22-9-16(14-2-3-18(26)17(8-14)25(28,29)30)19(27)10-21(22)33-20-4-6-32(11-23(20)38-12-24(33)34)40(35,36)13-15-5-7-39-31-15/h2-3,5,7-10,20,23H,4,6,11-13H2,1H3/t20-,23-/m0/s1. The van der Waals surface area contributed by atoms with E-state index in [2.05, 4.69) is 5.16 Å². The van der Waals surface area contributed by atoms with E-state index in [0.29, 0.717) is 12.1 Å². The summed E-state index contributed by atoms with van der Waals surface area (Å²) in [6.45, 7) is -0.460. The van der Waals surface area contributed by atoms with Gasteiger partial charge < -0.3 is 18.9 Å². The number of carbonyl (C=O) groups excluding carboxylic acids is 1. The number of methoxy groups -OCH3 is 1. The van der Waals surface area contributed by atoms with E-state index < -0.39 is 58.1 Å². The van der Waals surface area contributed by atoms with Gasteiger partial charge in [0.05, 0.1) is 36.2 Å². The van der Waals surface area contributed by atoms with Gasteiger partial charge in [0.1, 0.15) is 36.0 Å². The Labute approximate surface area is 225 Å². The third-order valence-electron chi connectivity index (χ3n) is 6.83. The number of fused-ring (bicyclic) bond motifs is 1. The summed E-state index contributed by atoms with van der Waals surface area (Å²) in [5.41, 5.74) is -1.86. The van der Waals surface area contributed by atoms with E-state index >= 15 is 4.39 Å². The van der Waals surface area contributed by atoms with E-state index in [0.717, 1.165) is 18.2 Å². The zero-order valence-electron chi connectivity index (χ0n) is 20.8. The van der Waals surface area contributed by atoms with Crippen LogP contribution in [0.25, 0.3) is 11.1 Å². The maximum Gasteiger partial charge on any atom is 0.419 e. The lowest BCUT2D eigenvalue weighted by molar-refractivity contribution is -0.140. The zero-order valence-corrected chi connectivity index (χ0v) is 21.6. The van der Waals surface area contributed by atoms with Gasteiger partial charge in [0.15, 0.2) is 0 Å². The number of alkyl halides is 3. The van der Waals surface area contributed by atoms with Crippen LogP contribution in [0, 0.1) is 11.6 Å². The monoisotopic (exact) mass is 587 g/mol. The van der Waals surface area contributed by atoms with Gasteiger partial charge in [0, 0.05) is 30.8 Å². The van der Waals surface area contributed by atoms with Crippen molar-refractivity contribution in [1.82, 2.24) is 9.46 Å². The zero-order chi connectivity index (χ0) is 28.8. The molecular formula is C25H22F5N3O6S. The number of hydrogen-bond acceptors (Lipinski definition) is 7. The second-order valence-electron chi connectivity index (χ2n) is 9.27. The number of amides is 1. The maximum atomic E-state index is 15.4. The van der Waals surface area contributed by atoms with Crippen LogP contribution in [0.5, 0.6) is 5.75 Å². The average Bonchev–Trinajstić information content (AvgIpc) is 3.40. The Hall–Kier alpha value is -3.56. The van der Waals surface area contributed by atoms with Gasteiger partial charge in [0.25, 0.3) is 5.91 Å². The fraction of sp³-hybridized carbons (Fsp3) is 0.360. The van der Waals surface area contributed by atoms with Crippen molar-refractivity contribution >= 4 is 21.6 Å². The molecule has 0 aliphatic carbocycles. The summed E-state index contributed by atoms with van der Waals surface area (Å²) in [7, 11) is -2.55. The number of sulfonamides is 1. The van der Waals surface area contributed by atoms with E-state index in [1.54, 1.807) is 0 Å². The number of carbonyl (C=O) groups is 1. The molecule has 0 radical (unpaired) electrons. The van der Waals surface area contributed by atoms with Crippen molar-refractivity contribution < 1.29 is 49.2 Å². The first kappa shape index (κ1) is 28.0. The van der Waals surface area contributed by atoms with Crippen LogP contribution in [0.1, 0.15) is 17.7 Å². The summed E-state index contributed by atoms with van der Waals surface area (Å²) in [4.78, 5) is 14.2. The second-order valence-corrected chi connectivity index (χ2v) is 11.2. The summed E-state index contributed by atoms with van der Waals surface area (Å²) in [5, 5.41) is 3.63. The average molecular weight is 588 g/mol. The highest BCUT2D eigenvalue weighted by atomic mass is 32.2. The third-order valence-corrected chi connectivity index (χ3v) is 8.61. The Morgan fingerprint density at radius 1 is 1.12 bits per heavy atom. The molecule has 2 saturated heterocycles. The normalized spacial score (nSPS) is 20.4. The van der Waals surface area contributed by atoms with Crippen molar-refractivity contribution in [3.05, 3.63) is 65.6 Å². The van der Waals surface area contributed by atoms with Gasteiger partial charge >= 0.3 is 6.18 Å². The molecule has 2 aliphatic heterocycles. The molecule has 40 heavy (non-hydrogen) atoms. The van der Waals surface area contributed by atoms with Crippen LogP contribution in [0.3, 0.4) is 0 Å². The predicted octanol–water partition coefficient (Wildman–Crippen LogP) is 3.98. The number of halogens is 5. The molecule has 15 heteroatoms. The van der Waals surface area contributed by atoms with Crippen molar-refractivity contribution in [3.63, 3.8) is 0 Å². The van der Waals surface area contributed by atoms with Gasteiger partial charge in [-0.3, -0.25) is 4.79 Å². The molecule has 0 bridgehead atoms. The van der Waals surface area contributed by atoms with E-state index in [4.69, 9.17) is 14.0 Å². The highest BCUT2D eigenvalue weighted by Gasteiger charge is 2.45. The number of nitrogens with zero attached hydrogens (tertiary/aromatic N) is 3. The molecule has 2 aliphatic rings. The number of benzene rings is 2. The number of ether oxygens (including phenoxy) is 2. The van der Waals surface area contributed by atoms with Crippen LogP contribution in [0.4, 0.5) is 27.6 Å². The Morgan fingerprint density at radius 3 is 2.58 bits per heavy atom. The van der Waals surface area contributed by atoms with E-state index in [-0.39, 0.29) is 53.5 Å². The first-order valence-corrected chi connectivity index (χ1v) is 13.6. The molecule has 0 saturated carbocycles. The number of anilines is 1. The highest BCUT2D eigenvalue weighted by Crippen LogP contribution is 2.41. The Morgan fingerprint density at radius 2 is 1.90 bits per heavy atom. The van der Waals surface area contributed by atoms with Gasteiger partial charge in [-0.05, 0) is 30.2 Å². The summed E-state index contributed by atoms with van der Waals surface area (Å²) in [6.07, 6.45) is -4.34. The van der Waals surface area contributed by atoms with Crippen molar-refractivity contribution in [2.24, 2.45) is 0 Å². The summed E-state index contributed by atoms with van der Waals surface area (Å²) >= 11 is 0. The van der Waals surface area contributed by atoms with Crippen LogP contribution < -0.4 is 9.64 Å². The summed E-state index contributed by atoms with van der Waals surface area (Å²) in [5.74, 6) is -3.42. The molecule has 2 aromatic carbocycles. The fourth-order valence-corrected chi connectivity index (χ4v) is 6.41. The molecule has 5 rings (SSSR count). The van der Waals surface area contributed by atoms with Gasteiger partial charge in [-0.25, -0.2) is 17.2 Å². The molecule has 2 fully saturated rings. The number of hydrogen-bond donors (Lipinski definition) is 0. The topological polar surface area (TPSA) is 102 Å². The Bertz CT molecular complexity index is 1530. The molecule has 0 N–H and O–H groups in total. The molecule has 1 amide bonds. The first-order chi connectivity index (χ1) is 18.9. The van der Waals surface area contributed by atoms with Gasteiger partial charge in [-0.2, -0.15) is 17.5 Å². The van der Waals surface area contributed by atoms with Gasteiger partial charge in [0.2, 0.25) is 10.0 Å². The largest absolute Gasteiger partial charge is 0.495 e. The van der Waals surface area contributed by atoms with Crippen molar-refractivity contribution in [2.45, 2.75) is 30.5 Å². The quantitative estimate of drug-likeness (QED) is 0.402. The fourth-order valence-electron chi connectivity index (χ4n) is 4.95. The van der Waals surface area contributed by atoms with Crippen LogP contribution in [0.15, 0.2) is 47.2 Å². The van der Waals surface area contributed by atoms with Crippen LogP contribution in [-0.2, 0) is 31.5 Å². The molecule has 0 spiro atoms. The summed E-state index contributed by atoms with van der Waals surface area (Å²) < 4.78 is 112. The molecule has 1 aromatic heterocycles. The molecule has 9 nitrogen and oxygen atoms in total. The van der Waals surface area contributed by atoms with E-state index in [1.807, 2.05) is 0 Å². The maximum absolute atomic E-state index is 15.4. The number of piperidine rings is 1. The lowest BCUT2D eigenvalue weighted by Gasteiger charge is -2.46. The Balaban J connectivity index is 1.45. The minimum absolute atomic E-state index is 0.00381. The molecule has 0 unspecified atom stereocenters. The first-order valence-electron chi connectivity index (χ1n) is 11.9. The molecule has 214 valence electrons. The lowest BCUT2D eigenvalue weighted by atomic mass is 9.97. The van der Waals surface area contributed by atoms with Crippen LogP contribution >= 0.6 is 0 Å². The van der Waals surface area contributed by atoms with Crippen molar-refractivity contribution in [2.75, 3.05) is 31.7 Å². The predicted molar refractivity (Wildman–Crippen MR) is 130 cm³/mol. The van der Waals surface area contributed by atoms with Crippen molar-refractivity contribution in [1.29, 1.82) is 0 Å². The number of rotatable bonds is 6. The van der Waals surface area contributed by atoms with E-state index in [9.17, 15) is 30.8 Å². The molecule has 3 aromatic rings. The Kier molecular flexibility index (Phi) is 7.31. The van der Waals surface area contributed by atoms with Crippen LogP contribution in [-0.4, -0.2) is 62.7 Å². The number of morpholine rings is 1. The third kappa shape index (κ3) is 5.28. The molecular weight excluding hydrogens is 565 g/mol. The second kappa shape index (κ2) is 10.4. The molecule has 2 atom stereocenters. The highest BCUT2D eigenvalue weighted by molar-refractivity contribution is 7.88. The summed E-state index contributed by atoms with van der Waals surface area (Å²) in [6, 6.07) is 4.94. The minimum atomic E-state index is -4.99. The lowest BCUT2D eigenvalue weighted by Crippen LogP contribution is -2.62. The number of aromatic nitrogens is 1. The smallest absolute Gasteiger partial charge is 0.419 e. The van der Waals surface area contributed by atoms with Gasteiger partial charge in [-0.15, -0.1) is 0 Å². The molecule has 3 heterocycles. The van der Waals surface area contributed by atoms with Crippen molar-refractivity contribution in [3.8, 4) is 16.9 Å².